The second-order valence-electron chi connectivity index (χ2n) is 29.2. The van der Waals surface area contributed by atoms with Gasteiger partial charge in [0.05, 0.1) is 26.4 Å². The van der Waals surface area contributed by atoms with Crippen LogP contribution in [0.25, 0.3) is 0 Å². The topological polar surface area (TPSA) is 237 Å². The van der Waals surface area contributed by atoms with Gasteiger partial charge in [0.15, 0.2) is 12.2 Å². The average molecular weight is 1440 g/mol. The van der Waals surface area contributed by atoms with Gasteiger partial charge in [0.25, 0.3) is 0 Å². The summed E-state index contributed by atoms with van der Waals surface area (Å²) < 4.78 is 68.6. The van der Waals surface area contributed by atoms with E-state index in [1.165, 1.54) is 218 Å². The molecule has 0 aliphatic heterocycles. The van der Waals surface area contributed by atoms with Crippen molar-refractivity contribution in [3.05, 3.63) is 0 Å². The summed E-state index contributed by atoms with van der Waals surface area (Å²) >= 11 is 0. The Kier molecular flexibility index (Phi) is 68.1. The second kappa shape index (κ2) is 69.4. The zero-order valence-corrected chi connectivity index (χ0v) is 66.0. The van der Waals surface area contributed by atoms with Crippen molar-refractivity contribution < 1.29 is 80.2 Å². The van der Waals surface area contributed by atoms with Crippen molar-refractivity contribution in [2.75, 3.05) is 39.6 Å². The molecule has 0 aliphatic rings. The Balaban J connectivity index is 5.21. The number of hydrogen-bond acceptors (Lipinski definition) is 15. The summed E-state index contributed by atoms with van der Waals surface area (Å²) in [7, 11) is -9.92. The number of rotatable bonds is 77. The molecule has 0 heterocycles. The Morgan fingerprint density at radius 1 is 0.286 bits per heavy atom. The zero-order valence-electron chi connectivity index (χ0n) is 64.3. The van der Waals surface area contributed by atoms with E-state index in [4.69, 9.17) is 37.0 Å². The fraction of sp³-hybridized carbons (Fsp3) is 0.949. The second-order valence-corrected chi connectivity index (χ2v) is 32.1. The third-order valence-electron chi connectivity index (χ3n) is 19.5. The third-order valence-corrected chi connectivity index (χ3v) is 21.4. The third kappa shape index (κ3) is 68.5. The molecule has 0 radical (unpaired) electrons. The minimum absolute atomic E-state index is 0.104. The van der Waals surface area contributed by atoms with E-state index in [1.807, 2.05) is 0 Å². The van der Waals surface area contributed by atoms with Crippen molar-refractivity contribution in [2.24, 2.45) is 17.8 Å². The molecule has 0 saturated heterocycles. The van der Waals surface area contributed by atoms with Crippen molar-refractivity contribution in [1.29, 1.82) is 0 Å². The SMILES string of the molecule is CCCCCCCCCCCCCCCCCCCCCCCCC(=O)O[C@H](COC(=O)CCCCCCCCCCC(C)CC)COP(=O)(O)OC[C@@H](O)COP(=O)(O)OC[C@@H](COC(=O)CCCCCCCCCCC(C)CC)OC(=O)CCCCCCCCCCC(C)CC. The summed E-state index contributed by atoms with van der Waals surface area (Å²) in [4.78, 5) is 72.9. The molecule has 17 nitrogen and oxygen atoms in total. The van der Waals surface area contributed by atoms with Gasteiger partial charge in [-0.1, -0.05) is 357 Å². The van der Waals surface area contributed by atoms with Gasteiger partial charge in [-0.3, -0.25) is 37.3 Å². The lowest BCUT2D eigenvalue weighted by Gasteiger charge is -2.21. The van der Waals surface area contributed by atoms with E-state index in [9.17, 15) is 43.2 Å². The molecule has 0 aromatic rings. The smallest absolute Gasteiger partial charge is 0.462 e. The standard InChI is InChI=1S/C79H154O17P2/c1-8-12-13-14-15-16-17-18-19-20-21-22-23-24-25-26-27-28-29-41-48-55-62-78(83)95-74(66-89-76(81)60-53-46-39-33-30-36-43-50-57-70(5)9-2)68-93-97(85,86)91-64-73(80)65-92-98(87,88)94-69-75(96-79(84)63-56-49-42-35-32-38-45-52-59-72(7)11-4)67-90-77(82)61-54-47-40-34-31-37-44-51-58-71(6)10-3/h70-75,80H,8-69H2,1-7H3,(H,85,86)(H,87,88)/t70?,71?,72?,73-,74-,75-/m1/s1. The maximum absolute atomic E-state index is 13.1. The highest BCUT2D eigenvalue weighted by Crippen LogP contribution is 2.45. The Morgan fingerprint density at radius 3 is 0.724 bits per heavy atom. The van der Waals surface area contributed by atoms with Gasteiger partial charge in [0, 0.05) is 25.7 Å². The molecular weight excluding hydrogens is 1280 g/mol. The number of phosphoric ester groups is 2. The molecule has 19 heteroatoms. The lowest BCUT2D eigenvalue weighted by atomic mass is 9.99. The molecule has 0 bridgehead atoms. The maximum Gasteiger partial charge on any atom is 0.472 e. The van der Waals surface area contributed by atoms with E-state index in [2.05, 4.69) is 48.5 Å². The quantitative estimate of drug-likeness (QED) is 0.0222. The maximum atomic E-state index is 13.1. The minimum atomic E-state index is -4.96. The zero-order chi connectivity index (χ0) is 72.3. The first-order chi connectivity index (χ1) is 47.3. The van der Waals surface area contributed by atoms with Crippen LogP contribution in [0, 0.1) is 17.8 Å². The molecular formula is C79H154O17P2. The molecule has 0 aromatic carbocycles. The van der Waals surface area contributed by atoms with Gasteiger partial charge in [-0.2, -0.15) is 0 Å². The number of carbonyl (C=O) groups excluding carboxylic acids is 4. The number of esters is 4. The summed E-state index contributed by atoms with van der Waals surface area (Å²) in [5.74, 6) is 0.206. The van der Waals surface area contributed by atoms with Gasteiger partial charge in [-0.25, -0.2) is 9.13 Å². The minimum Gasteiger partial charge on any atom is -0.462 e. The summed E-state index contributed by atoms with van der Waals surface area (Å²) in [6, 6.07) is 0. The number of carbonyl (C=O) groups is 4. The first-order valence-electron chi connectivity index (χ1n) is 41.0. The highest BCUT2D eigenvalue weighted by molar-refractivity contribution is 7.47. The molecule has 0 spiro atoms. The van der Waals surface area contributed by atoms with Gasteiger partial charge in [0.1, 0.15) is 19.3 Å². The monoisotopic (exact) mass is 1440 g/mol. The first kappa shape index (κ1) is 96.1. The molecule has 5 unspecified atom stereocenters. The summed E-state index contributed by atoms with van der Waals surface area (Å²) in [5, 5.41) is 10.6. The lowest BCUT2D eigenvalue weighted by Crippen LogP contribution is -2.30. The molecule has 3 N–H and O–H groups in total. The summed E-state index contributed by atoms with van der Waals surface area (Å²) in [6.07, 6.45) is 56.9. The van der Waals surface area contributed by atoms with E-state index in [0.29, 0.717) is 25.7 Å². The van der Waals surface area contributed by atoms with Crippen LogP contribution in [0.4, 0.5) is 0 Å². The average Bonchev–Trinajstić information content (AvgIpc) is 1.02. The normalized spacial score (nSPS) is 14.8. The van der Waals surface area contributed by atoms with Crippen LogP contribution < -0.4 is 0 Å². The number of unbranched alkanes of at least 4 members (excludes halogenated alkanes) is 42. The van der Waals surface area contributed by atoms with Crippen LogP contribution in [0.5, 0.6) is 0 Å². The fourth-order valence-electron chi connectivity index (χ4n) is 12.0. The van der Waals surface area contributed by atoms with E-state index in [1.54, 1.807) is 0 Å². The number of aliphatic hydroxyl groups is 1. The van der Waals surface area contributed by atoms with E-state index in [-0.39, 0.29) is 25.7 Å². The molecule has 0 rings (SSSR count). The molecule has 0 fully saturated rings. The van der Waals surface area contributed by atoms with Crippen molar-refractivity contribution in [3.8, 4) is 0 Å². The van der Waals surface area contributed by atoms with Crippen molar-refractivity contribution >= 4 is 39.5 Å². The Bertz CT molecular complexity index is 1910. The first-order valence-corrected chi connectivity index (χ1v) is 44.0. The predicted molar refractivity (Wildman–Crippen MR) is 400 cm³/mol. The van der Waals surface area contributed by atoms with Crippen LogP contribution in [0.3, 0.4) is 0 Å². The van der Waals surface area contributed by atoms with Gasteiger partial charge in [0.2, 0.25) is 0 Å². The van der Waals surface area contributed by atoms with Crippen molar-refractivity contribution in [3.63, 3.8) is 0 Å². The highest BCUT2D eigenvalue weighted by atomic mass is 31.2. The van der Waals surface area contributed by atoms with Gasteiger partial charge in [-0.05, 0) is 43.4 Å². The summed E-state index contributed by atoms with van der Waals surface area (Å²) in [6.45, 7) is 11.9. The highest BCUT2D eigenvalue weighted by Gasteiger charge is 2.30. The van der Waals surface area contributed by atoms with Crippen LogP contribution in [-0.2, 0) is 65.4 Å². The van der Waals surface area contributed by atoms with Gasteiger partial charge < -0.3 is 33.8 Å². The van der Waals surface area contributed by atoms with Crippen molar-refractivity contribution in [2.45, 2.75) is 426 Å². The van der Waals surface area contributed by atoms with Crippen LogP contribution in [0.2, 0.25) is 0 Å². The molecule has 0 saturated carbocycles. The van der Waals surface area contributed by atoms with Crippen LogP contribution in [0.1, 0.15) is 408 Å². The van der Waals surface area contributed by atoms with Crippen LogP contribution in [0.15, 0.2) is 0 Å². The number of aliphatic hydroxyl groups excluding tert-OH is 1. The van der Waals surface area contributed by atoms with Crippen LogP contribution >= 0.6 is 15.6 Å². The predicted octanol–water partition coefficient (Wildman–Crippen LogP) is 23.4. The van der Waals surface area contributed by atoms with E-state index in [0.717, 1.165) is 108 Å². The molecule has 98 heavy (non-hydrogen) atoms. The van der Waals surface area contributed by atoms with Crippen LogP contribution in [-0.4, -0.2) is 96.7 Å². The Morgan fingerprint density at radius 2 is 0.490 bits per heavy atom. The van der Waals surface area contributed by atoms with Gasteiger partial charge in [-0.15, -0.1) is 0 Å². The van der Waals surface area contributed by atoms with E-state index >= 15 is 0 Å². The Labute approximate surface area is 600 Å². The molecule has 582 valence electrons. The van der Waals surface area contributed by atoms with Crippen molar-refractivity contribution in [1.82, 2.24) is 0 Å². The Hall–Kier alpha value is -1.94. The van der Waals surface area contributed by atoms with Gasteiger partial charge >= 0.3 is 39.5 Å². The number of hydrogen-bond donors (Lipinski definition) is 3. The largest absolute Gasteiger partial charge is 0.472 e. The summed E-state index contributed by atoms with van der Waals surface area (Å²) in [5.41, 5.74) is 0. The lowest BCUT2D eigenvalue weighted by molar-refractivity contribution is -0.161. The molecule has 8 atom stereocenters. The van der Waals surface area contributed by atoms with E-state index < -0.39 is 97.5 Å². The number of phosphoric acid groups is 2. The molecule has 0 amide bonds. The fourth-order valence-corrected chi connectivity index (χ4v) is 13.6. The number of ether oxygens (including phenoxy) is 4. The molecule has 0 aliphatic carbocycles. The molecule has 0 aromatic heterocycles.